The van der Waals surface area contributed by atoms with E-state index in [9.17, 15) is 4.79 Å². The number of hydrogen-bond donors (Lipinski definition) is 3. The Balaban J connectivity index is 2.27. The number of aromatic amines is 1. The molecule has 94 valence electrons. The maximum atomic E-state index is 11.9. The molecule has 0 bridgehead atoms. The molecule has 0 atom stereocenters. The average Bonchev–Trinajstić information content (AvgIpc) is 2.70. The van der Waals surface area contributed by atoms with Gasteiger partial charge in [-0.05, 0) is 18.2 Å². The normalized spacial score (nSPS) is 10.4. The van der Waals surface area contributed by atoms with E-state index in [0.29, 0.717) is 22.1 Å². The van der Waals surface area contributed by atoms with Crippen LogP contribution < -0.4 is 11.1 Å². The SMILES string of the molecule is Nc1c[nH]c(C(=O)Nc2c(Cl)cc(Cl)cc2Cl)c1. The second kappa shape index (κ2) is 5.10. The first kappa shape index (κ1) is 13.1. The van der Waals surface area contributed by atoms with Gasteiger partial charge in [-0.15, -0.1) is 0 Å². The standard InChI is InChI=1S/C11H8Cl3N3O/c12-5-1-7(13)10(8(14)2-5)17-11(18)9-3-6(15)4-16-9/h1-4,16H,15H2,(H,17,18). The van der Waals surface area contributed by atoms with Crippen molar-refractivity contribution < 1.29 is 4.79 Å². The molecule has 0 radical (unpaired) electrons. The van der Waals surface area contributed by atoms with Crippen LogP contribution in [0.15, 0.2) is 24.4 Å². The Morgan fingerprint density at radius 2 is 1.78 bits per heavy atom. The minimum Gasteiger partial charge on any atom is -0.397 e. The molecule has 2 rings (SSSR count). The predicted molar refractivity (Wildman–Crippen MR) is 74.6 cm³/mol. The van der Waals surface area contributed by atoms with Crippen LogP contribution in [0.25, 0.3) is 0 Å². The number of nitrogen functional groups attached to an aromatic ring is 1. The van der Waals surface area contributed by atoms with Crippen LogP contribution >= 0.6 is 34.8 Å². The maximum Gasteiger partial charge on any atom is 0.272 e. The van der Waals surface area contributed by atoms with Crippen molar-refractivity contribution in [1.29, 1.82) is 0 Å². The molecule has 0 unspecified atom stereocenters. The minimum absolute atomic E-state index is 0.264. The van der Waals surface area contributed by atoms with E-state index in [0.717, 1.165) is 0 Å². The van der Waals surface area contributed by atoms with Gasteiger partial charge >= 0.3 is 0 Å². The van der Waals surface area contributed by atoms with Crippen LogP contribution in [0.4, 0.5) is 11.4 Å². The number of anilines is 2. The van der Waals surface area contributed by atoms with Gasteiger partial charge in [-0.1, -0.05) is 34.8 Å². The lowest BCUT2D eigenvalue weighted by molar-refractivity contribution is 0.102. The van der Waals surface area contributed by atoms with Crippen molar-refractivity contribution in [2.75, 3.05) is 11.1 Å². The first-order valence-corrected chi connectivity index (χ1v) is 6.00. The van der Waals surface area contributed by atoms with E-state index >= 15 is 0 Å². The molecule has 0 aliphatic rings. The number of hydrogen-bond acceptors (Lipinski definition) is 2. The summed E-state index contributed by atoms with van der Waals surface area (Å²) in [6.07, 6.45) is 1.51. The van der Waals surface area contributed by atoms with Crippen LogP contribution in [0, 0.1) is 0 Å². The van der Waals surface area contributed by atoms with Gasteiger partial charge in [-0.3, -0.25) is 4.79 Å². The highest BCUT2D eigenvalue weighted by Crippen LogP contribution is 2.33. The van der Waals surface area contributed by atoms with Crippen LogP contribution in [0.1, 0.15) is 10.5 Å². The van der Waals surface area contributed by atoms with Crippen LogP contribution in [-0.2, 0) is 0 Å². The van der Waals surface area contributed by atoms with Gasteiger partial charge in [0.05, 0.1) is 15.7 Å². The fourth-order valence-electron chi connectivity index (χ4n) is 1.38. The van der Waals surface area contributed by atoms with Gasteiger partial charge in [0.1, 0.15) is 5.69 Å². The summed E-state index contributed by atoms with van der Waals surface area (Å²) in [6, 6.07) is 4.49. The monoisotopic (exact) mass is 303 g/mol. The van der Waals surface area contributed by atoms with E-state index in [1.807, 2.05) is 0 Å². The molecule has 1 heterocycles. The van der Waals surface area contributed by atoms with Crippen molar-refractivity contribution in [2.24, 2.45) is 0 Å². The van der Waals surface area contributed by atoms with Gasteiger partial charge in [0.15, 0.2) is 0 Å². The predicted octanol–water partition coefficient (Wildman–Crippen LogP) is 3.81. The second-order valence-corrected chi connectivity index (χ2v) is 4.80. The fourth-order valence-corrected chi connectivity index (χ4v) is 2.30. The molecule has 0 aliphatic carbocycles. The van der Waals surface area contributed by atoms with Crippen molar-refractivity contribution in [2.45, 2.75) is 0 Å². The number of rotatable bonds is 2. The molecular weight excluding hydrogens is 296 g/mol. The van der Waals surface area contributed by atoms with Gasteiger partial charge in [0.2, 0.25) is 0 Å². The molecule has 1 aromatic heterocycles. The van der Waals surface area contributed by atoms with Gasteiger partial charge in [0, 0.05) is 16.9 Å². The van der Waals surface area contributed by atoms with Crippen LogP contribution in [-0.4, -0.2) is 10.9 Å². The summed E-state index contributed by atoms with van der Waals surface area (Å²) in [5, 5.41) is 3.51. The summed E-state index contributed by atoms with van der Waals surface area (Å²) >= 11 is 17.7. The van der Waals surface area contributed by atoms with E-state index in [4.69, 9.17) is 40.5 Å². The lowest BCUT2D eigenvalue weighted by Gasteiger charge is -2.08. The van der Waals surface area contributed by atoms with Gasteiger partial charge in [0.25, 0.3) is 5.91 Å². The zero-order valence-electron chi connectivity index (χ0n) is 8.93. The summed E-state index contributed by atoms with van der Waals surface area (Å²) in [7, 11) is 0. The molecule has 4 nitrogen and oxygen atoms in total. The van der Waals surface area contributed by atoms with E-state index in [2.05, 4.69) is 10.3 Å². The molecule has 0 aliphatic heterocycles. The van der Waals surface area contributed by atoms with Crippen molar-refractivity contribution in [1.82, 2.24) is 4.98 Å². The van der Waals surface area contributed by atoms with E-state index in [-0.39, 0.29) is 10.0 Å². The highest BCUT2D eigenvalue weighted by Gasteiger charge is 2.13. The van der Waals surface area contributed by atoms with Crippen molar-refractivity contribution in [3.8, 4) is 0 Å². The summed E-state index contributed by atoms with van der Waals surface area (Å²) < 4.78 is 0. The second-order valence-electron chi connectivity index (χ2n) is 3.55. The van der Waals surface area contributed by atoms with Gasteiger partial charge < -0.3 is 16.0 Å². The van der Waals surface area contributed by atoms with Crippen LogP contribution in [0.5, 0.6) is 0 Å². The summed E-state index contributed by atoms with van der Waals surface area (Å²) in [4.78, 5) is 14.6. The zero-order chi connectivity index (χ0) is 13.3. The van der Waals surface area contributed by atoms with Crippen molar-refractivity contribution in [3.05, 3.63) is 45.2 Å². The molecule has 0 saturated carbocycles. The molecule has 0 fully saturated rings. The molecule has 2 aromatic rings. The largest absolute Gasteiger partial charge is 0.397 e. The third kappa shape index (κ3) is 2.72. The molecular formula is C11H8Cl3N3O. The zero-order valence-corrected chi connectivity index (χ0v) is 11.2. The fraction of sp³-hybridized carbons (Fsp3) is 0. The lowest BCUT2D eigenvalue weighted by Crippen LogP contribution is -2.13. The Kier molecular flexibility index (Phi) is 3.71. The number of nitrogens with one attached hydrogen (secondary N) is 2. The Hall–Kier alpha value is -1.36. The molecule has 0 spiro atoms. The third-order valence-electron chi connectivity index (χ3n) is 2.20. The third-order valence-corrected chi connectivity index (χ3v) is 3.01. The molecule has 18 heavy (non-hydrogen) atoms. The number of halogens is 3. The first-order valence-electron chi connectivity index (χ1n) is 4.87. The van der Waals surface area contributed by atoms with Crippen molar-refractivity contribution >= 4 is 52.1 Å². The quantitative estimate of drug-likeness (QED) is 0.789. The molecule has 7 heteroatoms. The van der Waals surface area contributed by atoms with E-state index in [1.54, 1.807) is 0 Å². The lowest BCUT2D eigenvalue weighted by atomic mass is 10.3. The maximum absolute atomic E-state index is 11.9. The Morgan fingerprint density at radius 3 is 2.28 bits per heavy atom. The summed E-state index contributed by atoms with van der Waals surface area (Å²) in [5.74, 6) is -0.391. The number of benzene rings is 1. The Bertz CT molecular complexity index is 586. The molecule has 0 saturated heterocycles. The number of carbonyl (C=O) groups excluding carboxylic acids is 1. The highest BCUT2D eigenvalue weighted by atomic mass is 35.5. The van der Waals surface area contributed by atoms with Gasteiger partial charge in [-0.25, -0.2) is 0 Å². The van der Waals surface area contributed by atoms with E-state index < -0.39 is 5.91 Å². The Morgan fingerprint density at radius 1 is 1.17 bits per heavy atom. The molecule has 4 N–H and O–H groups in total. The molecule has 1 aromatic carbocycles. The van der Waals surface area contributed by atoms with E-state index in [1.165, 1.54) is 24.4 Å². The first-order chi connectivity index (χ1) is 8.47. The van der Waals surface area contributed by atoms with Gasteiger partial charge in [-0.2, -0.15) is 0 Å². The summed E-state index contributed by atoms with van der Waals surface area (Å²) in [5.41, 5.74) is 6.60. The number of aromatic nitrogens is 1. The number of amides is 1. The smallest absolute Gasteiger partial charge is 0.272 e. The Labute approximate surface area is 118 Å². The number of nitrogens with two attached hydrogens (primary N) is 1. The van der Waals surface area contributed by atoms with Crippen LogP contribution in [0.3, 0.4) is 0 Å². The minimum atomic E-state index is -0.391. The topological polar surface area (TPSA) is 70.9 Å². The van der Waals surface area contributed by atoms with Crippen molar-refractivity contribution in [3.63, 3.8) is 0 Å². The molecule has 1 amide bonds. The highest BCUT2D eigenvalue weighted by molar-refractivity contribution is 6.42. The number of H-pyrrole nitrogens is 1. The summed E-state index contributed by atoms with van der Waals surface area (Å²) in [6.45, 7) is 0. The van der Waals surface area contributed by atoms with Crippen LogP contribution in [0.2, 0.25) is 15.1 Å². The average molecular weight is 305 g/mol. The number of carbonyl (C=O) groups is 1.